The molecule has 1 amide bonds. The van der Waals surface area contributed by atoms with Crippen LogP contribution in [0.1, 0.15) is 15.9 Å². The molecule has 0 saturated carbocycles. The maximum atomic E-state index is 13.0. The predicted molar refractivity (Wildman–Crippen MR) is 124 cm³/mol. The summed E-state index contributed by atoms with van der Waals surface area (Å²) in [6.07, 6.45) is 0. The summed E-state index contributed by atoms with van der Waals surface area (Å²) in [6, 6.07) is 19.0. The molecule has 3 aromatic rings. The number of carbonyl (C=O) groups is 2. The van der Waals surface area contributed by atoms with Crippen molar-refractivity contribution in [1.82, 2.24) is 0 Å². The van der Waals surface area contributed by atoms with Gasteiger partial charge >= 0.3 is 5.97 Å². The number of sulfonamides is 1. The minimum Gasteiger partial charge on any atom is -0.452 e. The van der Waals surface area contributed by atoms with Gasteiger partial charge < -0.3 is 10.1 Å². The Kier molecular flexibility index (Phi) is 7.17. The van der Waals surface area contributed by atoms with E-state index in [1.807, 2.05) is 19.1 Å². The summed E-state index contributed by atoms with van der Waals surface area (Å²) in [5.74, 6) is -1.32. The fourth-order valence-corrected chi connectivity index (χ4v) is 4.22. The average molecular weight is 473 g/mol. The maximum Gasteiger partial charge on any atom is 0.338 e. The first-order valence-corrected chi connectivity index (χ1v) is 11.4. The molecule has 0 aliphatic rings. The molecule has 0 aromatic heterocycles. The van der Waals surface area contributed by atoms with E-state index >= 15 is 0 Å². The number of esters is 1. The van der Waals surface area contributed by atoms with Crippen LogP contribution in [0.3, 0.4) is 0 Å². The molecule has 0 radical (unpaired) electrons. The average Bonchev–Trinajstić information content (AvgIpc) is 2.78. The van der Waals surface area contributed by atoms with Gasteiger partial charge in [-0.2, -0.15) is 0 Å². The highest BCUT2D eigenvalue weighted by Gasteiger charge is 2.23. The van der Waals surface area contributed by atoms with Crippen LogP contribution in [0.5, 0.6) is 0 Å². The molecule has 166 valence electrons. The monoisotopic (exact) mass is 472 g/mol. The number of hydrogen-bond acceptors (Lipinski definition) is 5. The highest BCUT2D eigenvalue weighted by atomic mass is 35.5. The fourth-order valence-electron chi connectivity index (χ4n) is 2.80. The van der Waals surface area contributed by atoms with Crippen LogP contribution >= 0.6 is 11.6 Å². The van der Waals surface area contributed by atoms with E-state index in [4.69, 9.17) is 16.3 Å². The lowest BCUT2D eigenvalue weighted by Gasteiger charge is -2.20. The molecule has 3 aromatic carbocycles. The quantitative estimate of drug-likeness (QED) is 0.518. The van der Waals surface area contributed by atoms with Gasteiger partial charge in [0.15, 0.2) is 6.61 Å². The molecular weight excluding hydrogens is 452 g/mol. The van der Waals surface area contributed by atoms with Gasteiger partial charge in [-0.05, 0) is 55.5 Å². The van der Waals surface area contributed by atoms with Gasteiger partial charge in [0.05, 0.1) is 16.1 Å². The molecule has 0 unspecified atom stereocenters. The van der Waals surface area contributed by atoms with Crippen LogP contribution in [0.4, 0.5) is 11.4 Å². The number of nitrogens with one attached hydrogen (secondary N) is 1. The maximum absolute atomic E-state index is 13.0. The molecule has 1 N–H and O–H groups in total. The predicted octanol–water partition coefficient (Wildman–Crippen LogP) is 4.27. The van der Waals surface area contributed by atoms with Crippen LogP contribution in [0.25, 0.3) is 0 Å². The van der Waals surface area contributed by atoms with Crippen molar-refractivity contribution in [2.75, 3.05) is 23.3 Å². The van der Waals surface area contributed by atoms with Crippen molar-refractivity contribution in [3.05, 3.63) is 88.9 Å². The zero-order chi connectivity index (χ0) is 23.3. The smallest absolute Gasteiger partial charge is 0.338 e. The van der Waals surface area contributed by atoms with Gasteiger partial charge in [0.1, 0.15) is 0 Å². The number of carbonyl (C=O) groups excluding carboxylic acids is 2. The zero-order valence-electron chi connectivity index (χ0n) is 17.4. The van der Waals surface area contributed by atoms with Gasteiger partial charge in [-0.3, -0.25) is 9.10 Å². The van der Waals surface area contributed by atoms with E-state index < -0.39 is 28.5 Å². The van der Waals surface area contributed by atoms with Gasteiger partial charge in [-0.15, -0.1) is 0 Å². The normalized spacial score (nSPS) is 11.0. The molecule has 0 spiro atoms. The van der Waals surface area contributed by atoms with E-state index in [0.717, 1.165) is 9.87 Å². The van der Waals surface area contributed by atoms with Crippen molar-refractivity contribution in [3.63, 3.8) is 0 Å². The third kappa shape index (κ3) is 5.66. The SMILES string of the molecule is Cc1ccc(NC(=O)COC(=O)c2cccc(S(=O)(=O)N(C)c3cccc(Cl)c3)c2)cc1. The summed E-state index contributed by atoms with van der Waals surface area (Å²) in [4.78, 5) is 24.3. The number of benzene rings is 3. The first-order valence-electron chi connectivity index (χ1n) is 9.55. The Morgan fingerprint density at radius 2 is 1.69 bits per heavy atom. The van der Waals surface area contributed by atoms with Crippen molar-refractivity contribution < 1.29 is 22.7 Å². The number of nitrogens with zero attached hydrogens (tertiary/aromatic N) is 1. The fraction of sp³-hybridized carbons (Fsp3) is 0.130. The molecular formula is C23H21ClN2O5S. The molecule has 0 saturated heterocycles. The Balaban J connectivity index is 1.68. The standard InChI is InChI=1S/C23H21ClN2O5S/c1-16-9-11-19(12-10-16)25-22(27)15-31-23(28)17-5-3-8-21(13-17)32(29,30)26(2)20-7-4-6-18(24)14-20/h3-14H,15H2,1-2H3,(H,25,27). The van der Waals surface area contributed by atoms with E-state index in [0.29, 0.717) is 16.4 Å². The summed E-state index contributed by atoms with van der Waals surface area (Å²) < 4.78 is 32.1. The Bertz CT molecular complexity index is 1240. The molecule has 0 atom stereocenters. The molecule has 0 bridgehead atoms. The van der Waals surface area contributed by atoms with Gasteiger partial charge in [-0.25, -0.2) is 13.2 Å². The molecule has 9 heteroatoms. The second-order valence-corrected chi connectivity index (χ2v) is 9.38. The van der Waals surface area contributed by atoms with Gasteiger partial charge in [0.2, 0.25) is 0 Å². The molecule has 7 nitrogen and oxygen atoms in total. The zero-order valence-corrected chi connectivity index (χ0v) is 19.0. The lowest BCUT2D eigenvalue weighted by atomic mass is 10.2. The van der Waals surface area contributed by atoms with Gasteiger partial charge in [0.25, 0.3) is 15.9 Å². The van der Waals surface area contributed by atoms with Gasteiger partial charge in [0, 0.05) is 17.8 Å². The Morgan fingerprint density at radius 1 is 1.00 bits per heavy atom. The molecule has 3 rings (SSSR count). The first kappa shape index (κ1) is 23.3. The molecule has 0 fully saturated rings. The Hall–Kier alpha value is -3.36. The summed E-state index contributed by atoms with van der Waals surface area (Å²) in [5, 5.41) is 3.01. The van der Waals surface area contributed by atoms with E-state index in [1.54, 1.807) is 30.3 Å². The van der Waals surface area contributed by atoms with Crippen LogP contribution in [0.2, 0.25) is 5.02 Å². The second-order valence-electron chi connectivity index (χ2n) is 6.97. The van der Waals surface area contributed by atoms with E-state index in [-0.39, 0.29) is 10.5 Å². The van der Waals surface area contributed by atoms with Crippen LogP contribution in [0.15, 0.2) is 77.7 Å². The second kappa shape index (κ2) is 9.84. The Labute approximate surface area is 191 Å². The molecule has 0 aliphatic heterocycles. The van der Waals surface area contributed by atoms with Crippen molar-refractivity contribution in [3.8, 4) is 0 Å². The summed E-state index contributed by atoms with van der Waals surface area (Å²) in [6.45, 7) is 1.42. The topological polar surface area (TPSA) is 92.8 Å². The molecule has 0 heterocycles. The van der Waals surface area contributed by atoms with E-state index in [9.17, 15) is 18.0 Å². The van der Waals surface area contributed by atoms with Crippen molar-refractivity contribution in [2.24, 2.45) is 0 Å². The van der Waals surface area contributed by atoms with E-state index in [1.165, 1.54) is 37.4 Å². The number of anilines is 2. The van der Waals surface area contributed by atoms with Crippen LogP contribution in [-0.2, 0) is 19.6 Å². The lowest BCUT2D eigenvalue weighted by molar-refractivity contribution is -0.119. The van der Waals surface area contributed by atoms with E-state index in [2.05, 4.69) is 5.32 Å². The number of halogens is 1. The summed E-state index contributed by atoms with van der Waals surface area (Å²) in [7, 11) is -2.56. The summed E-state index contributed by atoms with van der Waals surface area (Å²) >= 11 is 5.95. The van der Waals surface area contributed by atoms with Gasteiger partial charge in [-0.1, -0.05) is 41.4 Å². The number of rotatable bonds is 7. The minimum absolute atomic E-state index is 0.00806. The molecule has 32 heavy (non-hydrogen) atoms. The van der Waals surface area contributed by atoms with Crippen LogP contribution in [-0.4, -0.2) is 33.9 Å². The number of ether oxygens (including phenoxy) is 1. The van der Waals surface area contributed by atoms with Crippen LogP contribution < -0.4 is 9.62 Å². The van der Waals surface area contributed by atoms with Crippen LogP contribution in [0, 0.1) is 6.92 Å². The molecule has 0 aliphatic carbocycles. The van der Waals surface area contributed by atoms with Crippen molar-refractivity contribution >= 4 is 44.9 Å². The third-order valence-corrected chi connectivity index (χ3v) is 6.59. The minimum atomic E-state index is -3.95. The Morgan fingerprint density at radius 3 is 2.38 bits per heavy atom. The highest BCUT2D eigenvalue weighted by molar-refractivity contribution is 7.92. The third-order valence-electron chi connectivity index (χ3n) is 4.57. The van der Waals surface area contributed by atoms with Crippen molar-refractivity contribution in [1.29, 1.82) is 0 Å². The largest absolute Gasteiger partial charge is 0.452 e. The number of hydrogen-bond donors (Lipinski definition) is 1. The van der Waals surface area contributed by atoms with Crippen molar-refractivity contribution in [2.45, 2.75) is 11.8 Å². The number of amides is 1. The lowest BCUT2D eigenvalue weighted by Crippen LogP contribution is -2.27. The summed E-state index contributed by atoms with van der Waals surface area (Å²) in [5.41, 5.74) is 2.01. The first-order chi connectivity index (χ1) is 15.2. The number of aryl methyl sites for hydroxylation is 1. The highest BCUT2D eigenvalue weighted by Crippen LogP contribution is 2.25.